The van der Waals surface area contributed by atoms with Crippen LogP contribution in [0.3, 0.4) is 0 Å². The van der Waals surface area contributed by atoms with Crippen LogP contribution in [0.25, 0.3) is 43.8 Å². The fourth-order valence-electron chi connectivity index (χ4n) is 14.1. The summed E-state index contributed by atoms with van der Waals surface area (Å²) in [5.74, 6) is 4.23. The number of para-hydroxylation sites is 1. The highest BCUT2D eigenvalue weighted by molar-refractivity contribution is 6.04. The van der Waals surface area contributed by atoms with Crippen molar-refractivity contribution in [3.63, 3.8) is 0 Å². The second kappa shape index (κ2) is 10.8. The van der Waals surface area contributed by atoms with Gasteiger partial charge in [0.25, 0.3) is 0 Å². The van der Waals surface area contributed by atoms with Crippen LogP contribution in [0.1, 0.15) is 74.0 Å². The lowest BCUT2D eigenvalue weighted by Gasteiger charge is -2.92. The molecule has 13 rings (SSSR count). The third-order valence-electron chi connectivity index (χ3n) is 16.1. The minimum atomic E-state index is 0.175. The average Bonchev–Trinajstić information content (AvgIpc) is 3.50. The topological polar surface area (TPSA) is 3.24 Å². The van der Waals surface area contributed by atoms with E-state index in [-0.39, 0.29) is 5.41 Å². The SMILES string of the molecule is c1ccc(N(c2ccc3c(c2)C2(c4ccccc4-3)C3CC4CC5CC2C453)c2ccc3ccccc3c2)c(-c2cccc3cccc(C4CCCCC4)c23)c1. The number of benzene rings is 7. The molecule has 6 aliphatic carbocycles. The molecule has 2 spiro atoms. The van der Waals surface area contributed by atoms with Crippen molar-refractivity contribution < 1.29 is 0 Å². The smallest absolute Gasteiger partial charge is 0.0540 e. The summed E-state index contributed by atoms with van der Waals surface area (Å²) in [6.07, 6.45) is 11.0. The van der Waals surface area contributed by atoms with Crippen LogP contribution < -0.4 is 4.90 Å². The molecule has 54 heavy (non-hydrogen) atoms. The number of fused-ring (bicyclic) bond motifs is 9. The molecular weight excluding hydrogens is 651 g/mol. The predicted octanol–water partition coefficient (Wildman–Crippen LogP) is 14.1. The van der Waals surface area contributed by atoms with Crippen LogP contribution in [0.15, 0.2) is 146 Å². The highest BCUT2D eigenvalue weighted by Gasteiger charge is 2.90. The Kier molecular flexibility index (Phi) is 6.02. The van der Waals surface area contributed by atoms with E-state index in [1.54, 1.807) is 16.7 Å². The van der Waals surface area contributed by atoms with Gasteiger partial charge in [-0.3, -0.25) is 0 Å². The van der Waals surface area contributed by atoms with Gasteiger partial charge in [0.05, 0.1) is 5.69 Å². The van der Waals surface area contributed by atoms with E-state index in [9.17, 15) is 0 Å². The van der Waals surface area contributed by atoms with E-state index in [0.717, 1.165) is 23.7 Å². The van der Waals surface area contributed by atoms with Crippen molar-refractivity contribution >= 4 is 38.6 Å². The van der Waals surface area contributed by atoms with Crippen LogP contribution in [0.5, 0.6) is 0 Å². The Morgan fingerprint density at radius 2 is 1.11 bits per heavy atom. The number of hydrogen-bond acceptors (Lipinski definition) is 1. The van der Waals surface area contributed by atoms with Gasteiger partial charge in [0.1, 0.15) is 0 Å². The highest BCUT2D eigenvalue weighted by atomic mass is 15.1. The third-order valence-corrected chi connectivity index (χ3v) is 16.1. The summed E-state index contributed by atoms with van der Waals surface area (Å²) in [5.41, 5.74) is 15.0. The lowest BCUT2D eigenvalue weighted by atomic mass is 9.11. The van der Waals surface area contributed by atoms with E-state index in [2.05, 4.69) is 150 Å². The largest absolute Gasteiger partial charge is 0.310 e. The summed E-state index contributed by atoms with van der Waals surface area (Å²) in [7, 11) is 0. The van der Waals surface area contributed by atoms with E-state index in [1.807, 2.05) is 0 Å². The second-order valence-electron chi connectivity index (χ2n) is 17.8. The van der Waals surface area contributed by atoms with Gasteiger partial charge in [0.15, 0.2) is 0 Å². The van der Waals surface area contributed by atoms with Gasteiger partial charge in [-0.05, 0) is 152 Å². The first-order chi connectivity index (χ1) is 26.8. The Morgan fingerprint density at radius 1 is 0.463 bits per heavy atom. The molecule has 262 valence electrons. The average molecular weight is 696 g/mol. The minimum absolute atomic E-state index is 0.175. The molecule has 0 bridgehead atoms. The van der Waals surface area contributed by atoms with Crippen molar-refractivity contribution in [3.05, 3.63) is 162 Å². The fraction of sp³-hybridized carbons (Fsp3) is 0.283. The molecule has 0 amide bonds. The van der Waals surface area contributed by atoms with Gasteiger partial charge in [0.2, 0.25) is 0 Å². The standard InChI is InChI=1S/C53H45N/c1-2-13-34(14-3-1)41-20-10-16-35-17-11-21-45(51(35)41)44-19-7-9-23-48(44)54(39-25-24-33-12-4-5-15-36(33)28-39)40-26-27-43-42-18-6-8-22-46(42)53(47(43)32-40)49-30-37-29-38-31-50(53)52(37,38)49/h4-12,15-28,32,34,37-38,49-50H,1-3,13-14,29-31H2. The summed E-state index contributed by atoms with van der Waals surface area (Å²) in [6.45, 7) is 0. The summed E-state index contributed by atoms with van der Waals surface area (Å²) in [4.78, 5) is 2.60. The zero-order valence-corrected chi connectivity index (χ0v) is 30.8. The maximum atomic E-state index is 2.66. The molecule has 5 saturated carbocycles. The molecule has 4 unspecified atom stereocenters. The number of nitrogens with zero attached hydrogens (tertiary/aromatic N) is 1. The van der Waals surface area contributed by atoms with Crippen molar-refractivity contribution in [2.75, 3.05) is 4.90 Å². The summed E-state index contributed by atoms with van der Waals surface area (Å²) >= 11 is 0. The first-order valence-electron chi connectivity index (χ1n) is 20.9. The van der Waals surface area contributed by atoms with E-state index in [0.29, 0.717) is 11.3 Å². The Hall–Kier alpha value is -5.14. The molecule has 0 aromatic heterocycles. The molecule has 1 nitrogen and oxygen atoms in total. The monoisotopic (exact) mass is 695 g/mol. The molecule has 0 aliphatic heterocycles. The van der Waals surface area contributed by atoms with Gasteiger partial charge in [-0.25, -0.2) is 0 Å². The van der Waals surface area contributed by atoms with E-state index < -0.39 is 0 Å². The molecule has 4 atom stereocenters. The maximum absolute atomic E-state index is 2.66. The van der Waals surface area contributed by atoms with Crippen molar-refractivity contribution in [2.24, 2.45) is 29.1 Å². The Bertz CT molecular complexity index is 2670. The van der Waals surface area contributed by atoms with Gasteiger partial charge in [0, 0.05) is 22.4 Å². The van der Waals surface area contributed by atoms with Gasteiger partial charge < -0.3 is 4.90 Å². The molecule has 0 heterocycles. The molecule has 0 saturated heterocycles. The molecule has 0 N–H and O–H groups in total. The molecule has 5 fully saturated rings. The van der Waals surface area contributed by atoms with Crippen LogP contribution in [0.2, 0.25) is 0 Å². The van der Waals surface area contributed by atoms with Crippen LogP contribution in [0, 0.1) is 29.1 Å². The first kappa shape index (κ1) is 30.2. The number of hydrogen-bond donors (Lipinski definition) is 0. The second-order valence-corrected chi connectivity index (χ2v) is 17.8. The van der Waals surface area contributed by atoms with Gasteiger partial charge in [-0.2, -0.15) is 0 Å². The van der Waals surface area contributed by atoms with E-state index in [4.69, 9.17) is 0 Å². The van der Waals surface area contributed by atoms with E-state index >= 15 is 0 Å². The van der Waals surface area contributed by atoms with Crippen LogP contribution in [-0.2, 0) is 5.41 Å². The van der Waals surface area contributed by atoms with Crippen LogP contribution in [-0.4, -0.2) is 0 Å². The summed E-state index contributed by atoms with van der Waals surface area (Å²) in [6, 6.07) is 56.3. The van der Waals surface area contributed by atoms with Crippen molar-refractivity contribution in [1.29, 1.82) is 0 Å². The van der Waals surface area contributed by atoms with Crippen LogP contribution in [0.4, 0.5) is 17.1 Å². The first-order valence-corrected chi connectivity index (χ1v) is 20.9. The summed E-state index contributed by atoms with van der Waals surface area (Å²) < 4.78 is 0. The van der Waals surface area contributed by atoms with Crippen molar-refractivity contribution in [2.45, 2.75) is 62.7 Å². The quantitative estimate of drug-likeness (QED) is 0.173. The fourth-order valence-corrected chi connectivity index (χ4v) is 14.1. The Labute approximate surface area is 318 Å². The lowest BCUT2D eigenvalue weighted by molar-refractivity contribution is -0.412. The Morgan fingerprint density at radius 3 is 1.94 bits per heavy atom. The predicted molar refractivity (Wildman–Crippen MR) is 224 cm³/mol. The minimum Gasteiger partial charge on any atom is -0.310 e. The van der Waals surface area contributed by atoms with Gasteiger partial charge in [-0.1, -0.05) is 135 Å². The third kappa shape index (κ3) is 3.58. The molecule has 7 aromatic rings. The number of rotatable bonds is 5. The highest BCUT2D eigenvalue weighted by Crippen LogP contribution is 2.94. The summed E-state index contributed by atoms with van der Waals surface area (Å²) in [5, 5.41) is 5.36. The molecule has 1 heteroatoms. The van der Waals surface area contributed by atoms with E-state index in [1.165, 1.54) is 112 Å². The van der Waals surface area contributed by atoms with Gasteiger partial charge in [-0.15, -0.1) is 0 Å². The molecule has 0 radical (unpaired) electrons. The molecule has 7 aromatic carbocycles. The molecule has 6 aliphatic rings. The maximum Gasteiger partial charge on any atom is 0.0540 e. The normalized spacial score (nSPS) is 28.2. The van der Waals surface area contributed by atoms with Crippen molar-refractivity contribution in [1.82, 2.24) is 0 Å². The molecular formula is C53H45N. The van der Waals surface area contributed by atoms with Gasteiger partial charge >= 0.3 is 0 Å². The zero-order chi connectivity index (χ0) is 35.2. The van der Waals surface area contributed by atoms with Crippen LogP contribution >= 0.6 is 0 Å². The van der Waals surface area contributed by atoms with Crippen molar-refractivity contribution in [3.8, 4) is 22.3 Å². The lowest BCUT2D eigenvalue weighted by Crippen LogP contribution is -2.88. The zero-order valence-electron chi connectivity index (χ0n) is 30.8. The number of anilines is 3. The Balaban J connectivity index is 1.04.